The number of methoxy groups -OCH3 is 2. The number of benzene rings is 2. The van der Waals surface area contributed by atoms with Crippen molar-refractivity contribution in [3.05, 3.63) is 71.6 Å². The van der Waals surface area contributed by atoms with Gasteiger partial charge in [0.05, 0.1) is 62.0 Å². The predicted molar refractivity (Wildman–Crippen MR) is 230 cm³/mol. The number of fused-ring (bicyclic) bond motifs is 2. The Bertz CT molecular complexity index is 2350. The van der Waals surface area contributed by atoms with Gasteiger partial charge in [0.1, 0.15) is 23.7 Å². The first-order valence-electron chi connectivity index (χ1n) is 21.8. The summed E-state index contributed by atoms with van der Waals surface area (Å²) >= 11 is 0. The molecule has 0 saturated carbocycles. The summed E-state index contributed by atoms with van der Waals surface area (Å²) in [6.45, 7) is 8.71. The average molecular weight is 848 g/mol. The molecule has 9 rings (SSSR count). The number of hydrogen-bond acceptors (Lipinski definition) is 9. The summed E-state index contributed by atoms with van der Waals surface area (Å²) in [6, 6.07) is 10.5. The van der Waals surface area contributed by atoms with Crippen LogP contribution in [0.1, 0.15) is 113 Å². The van der Waals surface area contributed by atoms with Crippen LogP contribution in [0.15, 0.2) is 48.8 Å². The zero-order valence-corrected chi connectivity index (χ0v) is 36.5. The van der Waals surface area contributed by atoms with E-state index >= 15 is 0 Å². The average Bonchev–Trinajstić information content (AvgIpc) is 4.12. The molecule has 0 spiro atoms. The zero-order valence-electron chi connectivity index (χ0n) is 36.5. The van der Waals surface area contributed by atoms with Gasteiger partial charge >= 0.3 is 12.2 Å². The molecule has 2 unspecified atom stereocenters. The van der Waals surface area contributed by atoms with E-state index < -0.39 is 24.3 Å². The van der Waals surface area contributed by atoms with Gasteiger partial charge in [-0.15, -0.1) is 0 Å². The number of imidazole rings is 2. The van der Waals surface area contributed by atoms with Gasteiger partial charge in [0.25, 0.3) is 0 Å². The fourth-order valence-electron chi connectivity index (χ4n) is 10.0. The van der Waals surface area contributed by atoms with Crippen molar-refractivity contribution in [2.75, 3.05) is 34.4 Å². The summed E-state index contributed by atoms with van der Waals surface area (Å²) in [4.78, 5) is 87.5. The van der Waals surface area contributed by atoms with Gasteiger partial charge in [0.15, 0.2) is 0 Å². The van der Waals surface area contributed by atoms with Gasteiger partial charge in [-0.3, -0.25) is 14.4 Å². The number of carbonyl (C=O) groups excluding carboxylic acids is 5. The Labute approximate surface area is 361 Å². The molecule has 4 aliphatic heterocycles. The van der Waals surface area contributed by atoms with E-state index in [4.69, 9.17) is 19.4 Å². The minimum atomic E-state index is -0.733. The number of rotatable bonds is 11. The highest BCUT2D eigenvalue weighted by Gasteiger charge is 2.46. The molecule has 0 radical (unpaired) electrons. The predicted octanol–water partition coefficient (Wildman–Crippen LogP) is 6.61. The third-order valence-corrected chi connectivity index (χ3v) is 13.3. The van der Waals surface area contributed by atoms with Crippen LogP contribution in [0.25, 0.3) is 33.6 Å². The maximum absolute atomic E-state index is 13.8. The number of nitrogens with one attached hydrogen (secondary N) is 4. The van der Waals surface area contributed by atoms with E-state index in [-0.39, 0.29) is 53.6 Å². The van der Waals surface area contributed by atoms with Crippen molar-refractivity contribution in [1.82, 2.24) is 45.3 Å². The molecule has 4 N–H and O–H groups in total. The first kappa shape index (κ1) is 42.5. The molecule has 2 aromatic carbocycles. The lowest BCUT2D eigenvalue weighted by Crippen LogP contribution is -2.51. The summed E-state index contributed by atoms with van der Waals surface area (Å²) in [7, 11) is 4.47. The molecule has 2 bridgehead atoms. The summed E-state index contributed by atoms with van der Waals surface area (Å²) < 4.78 is 9.59. The number of piperidine rings is 1. The molecule has 1 aliphatic carbocycles. The van der Waals surface area contributed by atoms with Gasteiger partial charge in [-0.2, -0.15) is 0 Å². The molecule has 328 valence electrons. The molecule has 6 heterocycles. The van der Waals surface area contributed by atoms with Crippen molar-refractivity contribution in [2.24, 2.45) is 11.8 Å². The molecular formula is C46H57N9O7. The number of aromatic nitrogens is 4. The number of alkyl carbamates (subject to hydrolysis) is 2. The fraction of sp³-hybridized carbons (Fsp3) is 0.500. The monoisotopic (exact) mass is 847 g/mol. The molecular weight excluding hydrogens is 791 g/mol. The van der Waals surface area contributed by atoms with Crippen molar-refractivity contribution in [2.45, 2.75) is 102 Å². The van der Waals surface area contributed by atoms with Crippen LogP contribution in [-0.4, -0.2) is 111 Å². The maximum Gasteiger partial charge on any atom is 0.407 e. The SMILES string of the molecule is COC(=O)N[C@H](C(=O)N1CCC[C@H]1c1ncc(-c2ccc(-c3ccc(-c4cnc([C@H]5CCCN5C(=O)[C@H](NC(=O)OC)C(C)C)[nH]4)c4c3C3CCC4C(=O)N3C)cc2)[nH]1)C(C)C. The summed E-state index contributed by atoms with van der Waals surface area (Å²) in [5, 5.41) is 5.42. The highest BCUT2D eigenvalue weighted by atomic mass is 16.5. The largest absolute Gasteiger partial charge is 0.453 e. The van der Waals surface area contributed by atoms with E-state index in [0.717, 1.165) is 83.3 Å². The van der Waals surface area contributed by atoms with Crippen LogP contribution < -0.4 is 10.6 Å². The molecule has 5 amide bonds. The minimum Gasteiger partial charge on any atom is -0.453 e. The third-order valence-electron chi connectivity index (χ3n) is 13.3. The minimum absolute atomic E-state index is 0.0805. The van der Waals surface area contributed by atoms with Crippen LogP contribution in [0.3, 0.4) is 0 Å². The van der Waals surface area contributed by atoms with Crippen LogP contribution in [-0.2, 0) is 23.9 Å². The molecule has 16 nitrogen and oxygen atoms in total. The fourth-order valence-corrected chi connectivity index (χ4v) is 10.0. The van der Waals surface area contributed by atoms with Crippen LogP contribution in [0, 0.1) is 11.8 Å². The number of aromatic amines is 2. The second-order valence-corrected chi connectivity index (χ2v) is 17.6. The number of hydrogen-bond donors (Lipinski definition) is 4. The Kier molecular flexibility index (Phi) is 11.9. The smallest absolute Gasteiger partial charge is 0.407 e. The molecule has 62 heavy (non-hydrogen) atoms. The lowest BCUT2D eigenvalue weighted by molar-refractivity contribution is -0.138. The Balaban J connectivity index is 1.06. The summed E-state index contributed by atoms with van der Waals surface area (Å²) in [6.07, 6.45) is 7.09. The van der Waals surface area contributed by atoms with E-state index in [0.29, 0.717) is 24.7 Å². The number of likely N-dealkylation sites (N-methyl/N-ethyl adjacent to an activating group) is 1. The number of carbonyl (C=O) groups is 5. The van der Waals surface area contributed by atoms with Crippen molar-refractivity contribution in [3.8, 4) is 33.6 Å². The number of amides is 5. The van der Waals surface area contributed by atoms with Crippen molar-refractivity contribution >= 4 is 29.9 Å². The van der Waals surface area contributed by atoms with Crippen LogP contribution >= 0.6 is 0 Å². The van der Waals surface area contributed by atoms with Crippen LogP contribution in [0.5, 0.6) is 0 Å². The number of likely N-dealkylation sites (tertiary alicyclic amines) is 2. The molecule has 16 heteroatoms. The Morgan fingerprint density at radius 1 is 0.661 bits per heavy atom. The van der Waals surface area contributed by atoms with Crippen LogP contribution in [0.4, 0.5) is 9.59 Å². The Morgan fingerprint density at radius 2 is 1.16 bits per heavy atom. The topological polar surface area (TPSA) is 195 Å². The van der Waals surface area contributed by atoms with E-state index in [2.05, 4.69) is 57.0 Å². The van der Waals surface area contributed by atoms with E-state index in [1.54, 1.807) is 16.0 Å². The van der Waals surface area contributed by atoms with E-state index in [1.807, 2.05) is 45.8 Å². The molecule has 5 aliphatic rings. The van der Waals surface area contributed by atoms with Crippen LogP contribution in [0.2, 0.25) is 0 Å². The Hall–Kier alpha value is -6.19. The van der Waals surface area contributed by atoms with Gasteiger partial charge in [-0.05, 0) is 78.2 Å². The van der Waals surface area contributed by atoms with Crippen molar-refractivity contribution < 1.29 is 33.4 Å². The highest BCUT2D eigenvalue weighted by molar-refractivity contribution is 5.93. The summed E-state index contributed by atoms with van der Waals surface area (Å²) in [5.74, 6) is 0.605. The first-order valence-corrected chi connectivity index (χ1v) is 21.8. The molecule has 4 aromatic rings. The number of nitrogens with zero attached hydrogens (tertiary/aromatic N) is 5. The highest BCUT2D eigenvalue weighted by Crippen LogP contribution is 2.53. The Morgan fingerprint density at radius 3 is 1.69 bits per heavy atom. The third kappa shape index (κ3) is 7.68. The first-order chi connectivity index (χ1) is 29.8. The lowest BCUT2D eigenvalue weighted by Gasteiger charge is -2.46. The maximum atomic E-state index is 13.8. The van der Waals surface area contributed by atoms with Gasteiger partial charge in [0.2, 0.25) is 17.7 Å². The van der Waals surface area contributed by atoms with Gasteiger partial charge in [0, 0.05) is 25.7 Å². The molecule has 2 aromatic heterocycles. The van der Waals surface area contributed by atoms with Crippen molar-refractivity contribution in [1.29, 1.82) is 0 Å². The number of ether oxygens (including phenoxy) is 2. The molecule has 3 saturated heterocycles. The van der Waals surface area contributed by atoms with Gasteiger partial charge < -0.3 is 44.8 Å². The molecule has 3 fully saturated rings. The zero-order chi connectivity index (χ0) is 44.0. The van der Waals surface area contributed by atoms with Gasteiger partial charge in [-0.1, -0.05) is 64.1 Å². The quantitative estimate of drug-likeness (QED) is 0.128. The molecule has 6 atom stereocenters. The lowest BCUT2D eigenvalue weighted by atomic mass is 9.70. The standard InChI is InChI=1S/C46H57N9O7/c1-24(2)38(51-45(59)61-6)43(57)54-20-8-10-34(54)40-47-22-31(49-40)27-14-12-26(13-15-27)28-16-17-29(36-30-18-19-33(37(28)36)53(5)42(30)56)32-23-48-41(50-32)35-11-9-21-55(35)44(58)39(25(3)4)52-46(60)62-7/h12-17,22-25,30,33-35,38-39H,8-11,18-21H2,1-7H3,(H,47,49)(H,48,50)(H,51,59)(H,52,60)/t30?,33?,34-,35+,38-,39+/m0/s1. The summed E-state index contributed by atoms with van der Waals surface area (Å²) in [5.41, 5.74) is 7.78. The number of H-pyrrole nitrogens is 2. The van der Waals surface area contributed by atoms with Gasteiger partial charge in [-0.25, -0.2) is 19.6 Å². The second-order valence-electron chi connectivity index (χ2n) is 17.6. The second kappa shape index (κ2) is 17.3. The van der Waals surface area contributed by atoms with Crippen molar-refractivity contribution in [3.63, 3.8) is 0 Å². The normalized spacial score (nSPS) is 21.6. The van der Waals surface area contributed by atoms with E-state index in [1.165, 1.54) is 14.2 Å². The van der Waals surface area contributed by atoms with E-state index in [9.17, 15) is 24.0 Å².